The molecule has 2 aromatic rings. The average Bonchev–Trinajstić information content (AvgIpc) is 2.75. The van der Waals surface area contributed by atoms with Crippen molar-refractivity contribution >= 4 is 11.6 Å². The quantitative estimate of drug-likeness (QED) is 0.915. The Balaban J connectivity index is 2.09. The fraction of sp³-hybridized carbons (Fsp3) is 0.333. The standard InChI is InChI=1S/C15H18N2O2/c1-10(2)12-6-4-5-7-13(12)17-15(18)8-14-11(3)16-9-19-14/h4-7,9-10H,8H2,1-3H3,(H,17,18). The molecule has 0 fully saturated rings. The highest BCUT2D eigenvalue weighted by Crippen LogP contribution is 2.23. The van der Waals surface area contributed by atoms with Crippen LogP contribution in [0.5, 0.6) is 0 Å². The second-order valence-electron chi connectivity index (χ2n) is 4.83. The van der Waals surface area contributed by atoms with Gasteiger partial charge in [-0.2, -0.15) is 0 Å². The first-order valence-corrected chi connectivity index (χ1v) is 6.35. The highest BCUT2D eigenvalue weighted by molar-refractivity contribution is 5.92. The number of nitrogens with one attached hydrogen (secondary N) is 1. The maximum Gasteiger partial charge on any atom is 0.232 e. The smallest absolute Gasteiger partial charge is 0.232 e. The largest absolute Gasteiger partial charge is 0.448 e. The van der Waals surface area contributed by atoms with E-state index in [2.05, 4.69) is 24.1 Å². The van der Waals surface area contributed by atoms with Crippen molar-refractivity contribution in [3.63, 3.8) is 0 Å². The summed E-state index contributed by atoms with van der Waals surface area (Å²) in [6, 6.07) is 7.84. The molecule has 4 nitrogen and oxygen atoms in total. The first kappa shape index (κ1) is 13.3. The number of rotatable bonds is 4. The molecular weight excluding hydrogens is 240 g/mol. The third kappa shape index (κ3) is 3.22. The second kappa shape index (κ2) is 5.69. The van der Waals surface area contributed by atoms with E-state index in [1.54, 1.807) is 0 Å². The summed E-state index contributed by atoms with van der Waals surface area (Å²) in [6.07, 6.45) is 1.57. The van der Waals surface area contributed by atoms with Crippen LogP contribution in [0.25, 0.3) is 0 Å². The number of amides is 1. The van der Waals surface area contributed by atoms with Gasteiger partial charge in [-0.25, -0.2) is 4.98 Å². The normalized spacial score (nSPS) is 10.7. The van der Waals surface area contributed by atoms with Crippen LogP contribution in [0.2, 0.25) is 0 Å². The Labute approximate surface area is 112 Å². The lowest BCUT2D eigenvalue weighted by atomic mass is 10.0. The van der Waals surface area contributed by atoms with Gasteiger partial charge in [0.05, 0.1) is 12.1 Å². The summed E-state index contributed by atoms with van der Waals surface area (Å²) in [5, 5.41) is 2.93. The van der Waals surface area contributed by atoms with Gasteiger partial charge in [0, 0.05) is 5.69 Å². The maximum absolute atomic E-state index is 12.0. The number of carbonyl (C=O) groups excluding carboxylic acids is 1. The van der Waals surface area contributed by atoms with Crippen LogP contribution in [-0.4, -0.2) is 10.9 Å². The molecule has 0 bridgehead atoms. The summed E-state index contributed by atoms with van der Waals surface area (Å²) in [7, 11) is 0. The fourth-order valence-electron chi connectivity index (χ4n) is 1.95. The number of anilines is 1. The molecule has 0 aliphatic heterocycles. The van der Waals surface area contributed by atoms with Crippen LogP contribution in [-0.2, 0) is 11.2 Å². The van der Waals surface area contributed by atoms with Crippen LogP contribution in [0.4, 0.5) is 5.69 Å². The van der Waals surface area contributed by atoms with Crippen LogP contribution in [0.3, 0.4) is 0 Å². The Morgan fingerprint density at radius 2 is 2.11 bits per heavy atom. The van der Waals surface area contributed by atoms with E-state index in [-0.39, 0.29) is 12.3 Å². The number of oxazole rings is 1. The lowest BCUT2D eigenvalue weighted by Crippen LogP contribution is -2.16. The summed E-state index contributed by atoms with van der Waals surface area (Å²) in [6.45, 7) is 6.03. The molecule has 0 radical (unpaired) electrons. The van der Waals surface area contributed by atoms with Crippen LogP contribution >= 0.6 is 0 Å². The Kier molecular flexibility index (Phi) is 4.00. The van der Waals surface area contributed by atoms with E-state index in [1.165, 1.54) is 6.39 Å². The molecule has 100 valence electrons. The van der Waals surface area contributed by atoms with Crippen LogP contribution in [0, 0.1) is 6.92 Å². The van der Waals surface area contributed by atoms with Gasteiger partial charge in [0.1, 0.15) is 5.76 Å². The summed E-state index contributed by atoms with van der Waals surface area (Å²) in [4.78, 5) is 16.0. The minimum Gasteiger partial charge on any atom is -0.448 e. The zero-order valence-electron chi connectivity index (χ0n) is 11.4. The highest BCUT2D eigenvalue weighted by atomic mass is 16.3. The highest BCUT2D eigenvalue weighted by Gasteiger charge is 2.12. The zero-order chi connectivity index (χ0) is 13.8. The third-order valence-corrected chi connectivity index (χ3v) is 3.02. The first-order valence-electron chi connectivity index (χ1n) is 6.35. The molecular formula is C15H18N2O2. The van der Waals surface area contributed by atoms with Gasteiger partial charge in [0.2, 0.25) is 5.91 Å². The molecule has 0 spiro atoms. The second-order valence-corrected chi connectivity index (χ2v) is 4.83. The molecule has 1 aromatic carbocycles. The van der Waals surface area contributed by atoms with Crippen molar-refractivity contribution in [2.75, 3.05) is 5.32 Å². The number of para-hydroxylation sites is 1. The van der Waals surface area contributed by atoms with Gasteiger partial charge in [-0.1, -0.05) is 32.0 Å². The topological polar surface area (TPSA) is 55.1 Å². The number of hydrogen-bond donors (Lipinski definition) is 1. The van der Waals surface area contributed by atoms with Gasteiger partial charge >= 0.3 is 0 Å². The summed E-state index contributed by atoms with van der Waals surface area (Å²) in [5.74, 6) is 0.885. The molecule has 4 heteroatoms. The predicted octanol–water partition coefficient (Wildman–Crippen LogP) is 3.29. The Morgan fingerprint density at radius 3 is 2.74 bits per heavy atom. The lowest BCUT2D eigenvalue weighted by molar-refractivity contribution is -0.115. The number of carbonyl (C=O) groups is 1. The minimum atomic E-state index is -0.0899. The summed E-state index contributed by atoms with van der Waals surface area (Å²) in [5.41, 5.74) is 2.75. The molecule has 0 atom stereocenters. The van der Waals surface area contributed by atoms with E-state index < -0.39 is 0 Å². The number of aromatic nitrogens is 1. The van der Waals surface area contributed by atoms with Crippen molar-refractivity contribution in [1.82, 2.24) is 4.98 Å². The molecule has 0 aliphatic carbocycles. The molecule has 0 aliphatic rings. The molecule has 2 rings (SSSR count). The Bertz CT molecular complexity index is 573. The van der Waals surface area contributed by atoms with E-state index in [1.807, 2.05) is 31.2 Å². The van der Waals surface area contributed by atoms with Crippen LogP contribution in [0.1, 0.15) is 36.8 Å². The molecule has 19 heavy (non-hydrogen) atoms. The van der Waals surface area contributed by atoms with Crippen molar-refractivity contribution in [2.24, 2.45) is 0 Å². The number of nitrogens with zero attached hydrogens (tertiary/aromatic N) is 1. The molecule has 1 aromatic heterocycles. The van der Waals surface area contributed by atoms with Gasteiger partial charge < -0.3 is 9.73 Å². The maximum atomic E-state index is 12.0. The molecule has 0 saturated heterocycles. The average molecular weight is 258 g/mol. The molecule has 1 heterocycles. The van der Waals surface area contributed by atoms with Crippen molar-refractivity contribution < 1.29 is 9.21 Å². The Morgan fingerprint density at radius 1 is 1.37 bits per heavy atom. The van der Waals surface area contributed by atoms with Gasteiger partial charge in [0.15, 0.2) is 6.39 Å². The van der Waals surface area contributed by atoms with Gasteiger partial charge in [0.25, 0.3) is 0 Å². The Hall–Kier alpha value is -2.10. The van der Waals surface area contributed by atoms with E-state index in [0.717, 1.165) is 16.9 Å². The SMILES string of the molecule is Cc1ncoc1CC(=O)Nc1ccccc1C(C)C. The minimum absolute atomic E-state index is 0.0899. The molecule has 1 amide bonds. The van der Waals surface area contributed by atoms with Crippen molar-refractivity contribution in [3.8, 4) is 0 Å². The summed E-state index contributed by atoms with van der Waals surface area (Å²) >= 11 is 0. The van der Waals surface area contributed by atoms with Gasteiger partial charge in [-0.15, -0.1) is 0 Å². The van der Waals surface area contributed by atoms with E-state index in [4.69, 9.17) is 4.42 Å². The zero-order valence-corrected chi connectivity index (χ0v) is 11.4. The molecule has 0 unspecified atom stereocenters. The lowest BCUT2D eigenvalue weighted by Gasteiger charge is -2.13. The fourth-order valence-corrected chi connectivity index (χ4v) is 1.95. The molecule has 0 saturated carbocycles. The van der Waals surface area contributed by atoms with E-state index >= 15 is 0 Å². The monoisotopic (exact) mass is 258 g/mol. The van der Waals surface area contributed by atoms with Gasteiger partial charge in [-0.05, 0) is 24.5 Å². The third-order valence-electron chi connectivity index (χ3n) is 3.02. The van der Waals surface area contributed by atoms with Crippen molar-refractivity contribution in [3.05, 3.63) is 47.7 Å². The van der Waals surface area contributed by atoms with E-state index in [9.17, 15) is 4.79 Å². The first-order chi connectivity index (χ1) is 9.08. The molecule has 1 N–H and O–H groups in total. The number of benzene rings is 1. The summed E-state index contributed by atoms with van der Waals surface area (Å²) < 4.78 is 5.18. The number of hydrogen-bond acceptors (Lipinski definition) is 3. The van der Waals surface area contributed by atoms with Crippen molar-refractivity contribution in [1.29, 1.82) is 0 Å². The van der Waals surface area contributed by atoms with E-state index in [0.29, 0.717) is 11.7 Å². The number of aryl methyl sites for hydroxylation is 1. The van der Waals surface area contributed by atoms with Crippen molar-refractivity contribution in [2.45, 2.75) is 33.1 Å². The van der Waals surface area contributed by atoms with Gasteiger partial charge in [-0.3, -0.25) is 4.79 Å². The predicted molar refractivity (Wildman–Crippen MR) is 74.1 cm³/mol. The van der Waals surface area contributed by atoms with Crippen LogP contribution < -0.4 is 5.32 Å². The van der Waals surface area contributed by atoms with Crippen LogP contribution in [0.15, 0.2) is 35.1 Å².